The Kier molecular flexibility index (Phi) is 15.8. The molecule has 154 valence electrons. The van der Waals surface area contributed by atoms with Gasteiger partial charge in [-0.15, -0.1) is 0 Å². The van der Waals surface area contributed by atoms with Crippen molar-refractivity contribution in [2.75, 3.05) is 72.2 Å². The first-order valence-corrected chi connectivity index (χ1v) is 9.97. The molecule has 0 saturated heterocycles. The number of hydrogen-bond acceptors (Lipinski definition) is 7. The quantitative estimate of drug-likeness (QED) is 0.404. The molecule has 0 unspecified atom stereocenters. The first kappa shape index (κ1) is 25.1. The van der Waals surface area contributed by atoms with E-state index >= 15 is 0 Å². The molecule has 2 N–H and O–H groups in total. The topological polar surface area (TPSA) is 95.1 Å². The third kappa shape index (κ3) is 19.5. The summed E-state index contributed by atoms with van der Waals surface area (Å²) in [5.74, 6) is -0.115. The zero-order valence-corrected chi connectivity index (χ0v) is 17.2. The summed E-state index contributed by atoms with van der Waals surface area (Å²) in [4.78, 5) is 22.4. The van der Waals surface area contributed by atoms with Crippen molar-refractivity contribution in [1.82, 2.24) is 10.6 Å². The van der Waals surface area contributed by atoms with Gasteiger partial charge in [0.1, 0.15) is 6.61 Å². The molecule has 2 amide bonds. The summed E-state index contributed by atoms with van der Waals surface area (Å²) in [7, 11) is 0. The van der Waals surface area contributed by atoms with Crippen LogP contribution in [-0.4, -0.2) is 83.3 Å². The summed E-state index contributed by atoms with van der Waals surface area (Å²) >= 11 is 1.14. The van der Waals surface area contributed by atoms with Crippen LogP contribution in [0.3, 0.4) is 0 Å². The lowest BCUT2D eigenvalue weighted by atomic mass is 9.97. The highest BCUT2D eigenvalue weighted by molar-refractivity contribution is 8.12. The highest BCUT2D eigenvalue weighted by atomic mass is 32.2. The van der Waals surface area contributed by atoms with Crippen molar-refractivity contribution in [2.24, 2.45) is 5.41 Å². The number of carbonyl (C=O) groups is 2. The Labute approximate surface area is 161 Å². The van der Waals surface area contributed by atoms with Crippen LogP contribution >= 0.6 is 11.8 Å². The van der Waals surface area contributed by atoms with Crippen LogP contribution in [-0.2, 0) is 23.7 Å². The van der Waals surface area contributed by atoms with Crippen molar-refractivity contribution in [3.05, 3.63) is 0 Å². The van der Waals surface area contributed by atoms with Gasteiger partial charge in [-0.1, -0.05) is 32.5 Å². The van der Waals surface area contributed by atoms with E-state index in [1.54, 1.807) is 6.26 Å². The minimum atomic E-state index is -0.115. The second kappa shape index (κ2) is 16.3. The molecule has 0 aliphatic rings. The zero-order valence-electron chi connectivity index (χ0n) is 16.4. The summed E-state index contributed by atoms with van der Waals surface area (Å²) in [6.07, 6.45) is 1.73. The van der Waals surface area contributed by atoms with Crippen molar-refractivity contribution in [1.29, 1.82) is 0 Å². The lowest BCUT2D eigenvalue weighted by molar-refractivity contribution is -0.126. The van der Waals surface area contributed by atoms with Gasteiger partial charge >= 0.3 is 0 Å². The van der Waals surface area contributed by atoms with Gasteiger partial charge in [0.25, 0.3) is 5.24 Å². The lowest BCUT2D eigenvalue weighted by Crippen LogP contribution is -2.34. The van der Waals surface area contributed by atoms with Crippen molar-refractivity contribution in [3.63, 3.8) is 0 Å². The third-order valence-electron chi connectivity index (χ3n) is 2.87. The fourth-order valence-electron chi connectivity index (χ4n) is 1.54. The zero-order chi connectivity index (χ0) is 19.7. The Hall–Kier alpha value is -0.870. The molecule has 0 bridgehead atoms. The number of thioether (sulfide) groups is 1. The molecule has 8 nitrogen and oxygen atoms in total. The fourth-order valence-corrected chi connectivity index (χ4v) is 1.78. The molecule has 26 heavy (non-hydrogen) atoms. The van der Waals surface area contributed by atoms with Crippen LogP contribution in [0.15, 0.2) is 0 Å². The number of hydrogen-bond donors (Lipinski definition) is 2. The van der Waals surface area contributed by atoms with Gasteiger partial charge in [0.2, 0.25) is 5.91 Å². The van der Waals surface area contributed by atoms with Gasteiger partial charge in [-0.3, -0.25) is 9.59 Å². The van der Waals surface area contributed by atoms with Crippen LogP contribution in [0.25, 0.3) is 0 Å². The van der Waals surface area contributed by atoms with Crippen LogP contribution in [0.1, 0.15) is 20.8 Å². The van der Waals surface area contributed by atoms with Crippen LogP contribution in [0.4, 0.5) is 4.79 Å². The molecule has 0 aliphatic carbocycles. The highest BCUT2D eigenvalue weighted by Gasteiger charge is 2.11. The Morgan fingerprint density at radius 1 is 0.808 bits per heavy atom. The minimum Gasteiger partial charge on any atom is -0.377 e. The fraction of sp³-hybridized carbons (Fsp3) is 0.882. The maximum absolute atomic E-state index is 11.5. The molecule has 0 atom stereocenters. The SMILES string of the molecule is CSC(=O)NCCOCCOCCOCCOCC(=O)NCC(C)(C)C. The van der Waals surface area contributed by atoms with Crippen LogP contribution in [0, 0.1) is 5.41 Å². The number of nitrogens with one attached hydrogen (secondary N) is 2. The average Bonchev–Trinajstić information content (AvgIpc) is 2.59. The molecule has 0 fully saturated rings. The van der Waals surface area contributed by atoms with Crippen LogP contribution < -0.4 is 10.6 Å². The summed E-state index contributed by atoms with van der Waals surface area (Å²) in [6, 6.07) is 0. The second-order valence-corrected chi connectivity index (χ2v) is 7.42. The molecule has 0 spiro atoms. The second-order valence-electron chi connectivity index (χ2n) is 6.65. The molecule has 0 heterocycles. The molecule has 0 aromatic rings. The molecule has 0 aromatic carbocycles. The third-order valence-corrected chi connectivity index (χ3v) is 3.38. The van der Waals surface area contributed by atoms with Gasteiger partial charge in [-0.2, -0.15) is 0 Å². The molecular formula is C17H34N2O6S. The van der Waals surface area contributed by atoms with E-state index in [2.05, 4.69) is 31.4 Å². The number of amides is 2. The van der Waals surface area contributed by atoms with E-state index in [1.165, 1.54) is 0 Å². The monoisotopic (exact) mass is 394 g/mol. The summed E-state index contributed by atoms with van der Waals surface area (Å²) in [5.41, 5.74) is 0.0634. The maximum Gasteiger partial charge on any atom is 0.278 e. The number of rotatable bonds is 15. The molecule has 0 aromatic heterocycles. The molecule has 0 saturated carbocycles. The van der Waals surface area contributed by atoms with Gasteiger partial charge in [0, 0.05) is 13.1 Å². The molecule has 0 rings (SSSR count). The summed E-state index contributed by atoms with van der Waals surface area (Å²) in [6.45, 7) is 10.5. The summed E-state index contributed by atoms with van der Waals surface area (Å²) < 4.78 is 21.2. The van der Waals surface area contributed by atoms with E-state index in [9.17, 15) is 9.59 Å². The largest absolute Gasteiger partial charge is 0.377 e. The Bertz CT molecular complexity index is 377. The van der Waals surface area contributed by atoms with E-state index in [0.717, 1.165) is 11.8 Å². The van der Waals surface area contributed by atoms with E-state index < -0.39 is 0 Å². The van der Waals surface area contributed by atoms with Gasteiger partial charge < -0.3 is 29.6 Å². The number of ether oxygens (including phenoxy) is 4. The first-order chi connectivity index (χ1) is 12.3. The van der Waals surface area contributed by atoms with Crippen molar-refractivity contribution >= 4 is 22.9 Å². The standard InChI is InChI=1S/C17H34N2O6S/c1-17(2,3)14-19-15(20)13-25-12-11-24-10-9-23-8-7-22-6-5-18-16(21)26-4/h5-14H2,1-4H3,(H,18,21)(H,19,20). The average molecular weight is 395 g/mol. The van der Waals surface area contributed by atoms with E-state index in [0.29, 0.717) is 59.3 Å². The van der Waals surface area contributed by atoms with Gasteiger partial charge in [0.15, 0.2) is 0 Å². The first-order valence-electron chi connectivity index (χ1n) is 8.74. The smallest absolute Gasteiger partial charge is 0.278 e. The predicted molar refractivity (Wildman–Crippen MR) is 103 cm³/mol. The van der Waals surface area contributed by atoms with Crippen LogP contribution in [0.2, 0.25) is 0 Å². The van der Waals surface area contributed by atoms with Crippen molar-refractivity contribution in [3.8, 4) is 0 Å². The molecule has 0 aliphatic heterocycles. The highest BCUT2D eigenvalue weighted by Crippen LogP contribution is 2.09. The Morgan fingerprint density at radius 2 is 1.31 bits per heavy atom. The maximum atomic E-state index is 11.5. The van der Waals surface area contributed by atoms with Gasteiger partial charge in [0.05, 0.1) is 46.2 Å². The van der Waals surface area contributed by atoms with Crippen molar-refractivity contribution < 1.29 is 28.5 Å². The number of carbonyl (C=O) groups excluding carboxylic acids is 2. The Balaban J connectivity index is 3.20. The lowest BCUT2D eigenvalue weighted by Gasteiger charge is -2.18. The van der Waals surface area contributed by atoms with Gasteiger partial charge in [-0.05, 0) is 11.7 Å². The van der Waals surface area contributed by atoms with E-state index in [-0.39, 0.29) is 23.2 Å². The minimum absolute atomic E-state index is 0.0463. The Morgan fingerprint density at radius 3 is 1.81 bits per heavy atom. The van der Waals surface area contributed by atoms with Crippen molar-refractivity contribution in [2.45, 2.75) is 20.8 Å². The van der Waals surface area contributed by atoms with Gasteiger partial charge in [-0.25, -0.2) is 0 Å². The van der Waals surface area contributed by atoms with E-state index in [1.807, 2.05) is 0 Å². The normalized spacial score (nSPS) is 11.4. The predicted octanol–water partition coefficient (Wildman–Crippen LogP) is 1.29. The molecule has 9 heteroatoms. The molecular weight excluding hydrogens is 360 g/mol. The van der Waals surface area contributed by atoms with Crippen LogP contribution in [0.5, 0.6) is 0 Å². The van der Waals surface area contributed by atoms with E-state index in [4.69, 9.17) is 18.9 Å². The molecule has 0 radical (unpaired) electrons. The summed E-state index contributed by atoms with van der Waals surface area (Å²) in [5, 5.41) is 5.45.